The summed E-state index contributed by atoms with van der Waals surface area (Å²) in [6.07, 6.45) is 3.40. The molecule has 0 spiro atoms. The molecule has 4 rings (SSSR count). The van der Waals surface area contributed by atoms with Crippen LogP contribution in [-0.4, -0.2) is 27.8 Å². The van der Waals surface area contributed by atoms with Crippen molar-refractivity contribution in [3.8, 4) is 22.8 Å². The van der Waals surface area contributed by atoms with E-state index in [0.717, 1.165) is 34.0 Å². The number of hydrogen-bond acceptors (Lipinski definition) is 5. The molecule has 1 aliphatic heterocycles. The molecule has 2 aromatic heterocycles. The summed E-state index contributed by atoms with van der Waals surface area (Å²) in [6.45, 7) is 2.48. The van der Waals surface area contributed by atoms with Gasteiger partial charge in [-0.25, -0.2) is 0 Å². The Bertz CT molecular complexity index is 981. The predicted octanol–water partition coefficient (Wildman–Crippen LogP) is 2.85. The van der Waals surface area contributed by atoms with Gasteiger partial charge in [-0.2, -0.15) is 5.10 Å². The number of methoxy groups -OCH3 is 1. The lowest BCUT2D eigenvalue weighted by Crippen LogP contribution is -2.06. The van der Waals surface area contributed by atoms with Crippen LogP contribution in [0.5, 0.6) is 11.5 Å². The second kappa shape index (κ2) is 6.51. The maximum absolute atomic E-state index is 11.2. The van der Waals surface area contributed by atoms with Gasteiger partial charge < -0.3 is 14.8 Å². The van der Waals surface area contributed by atoms with Crippen LogP contribution >= 0.6 is 0 Å². The third kappa shape index (κ3) is 2.99. The minimum Gasteiger partial charge on any atom is -0.494 e. The van der Waals surface area contributed by atoms with Crippen molar-refractivity contribution >= 4 is 11.6 Å². The van der Waals surface area contributed by atoms with Crippen LogP contribution in [0, 0.1) is 0 Å². The number of aromatic nitrogens is 3. The second-order valence-corrected chi connectivity index (χ2v) is 6.05. The lowest BCUT2D eigenvalue weighted by atomic mass is 10.2. The number of amides is 1. The van der Waals surface area contributed by atoms with Gasteiger partial charge in [-0.15, -0.1) is 0 Å². The Morgan fingerprint density at radius 2 is 2.19 bits per heavy atom. The lowest BCUT2D eigenvalue weighted by Gasteiger charge is -2.10. The molecule has 0 fully saturated rings. The molecule has 1 aliphatic rings. The molecule has 3 aromatic rings. The van der Waals surface area contributed by atoms with Crippen LogP contribution in [0.25, 0.3) is 11.3 Å². The van der Waals surface area contributed by atoms with E-state index in [1.165, 1.54) is 6.92 Å². The molecule has 0 aliphatic carbocycles. The highest BCUT2D eigenvalue weighted by Gasteiger charge is 2.19. The highest BCUT2D eigenvalue weighted by atomic mass is 16.5. The SMILES string of the molecule is COc1cnccc1-c1cc2n(n1)Cc1ccc(NC(C)=O)cc1OC2. The number of hydrogen-bond donors (Lipinski definition) is 1. The number of benzene rings is 1. The zero-order valence-corrected chi connectivity index (χ0v) is 14.5. The van der Waals surface area contributed by atoms with E-state index in [4.69, 9.17) is 14.6 Å². The first-order valence-electron chi connectivity index (χ1n) is 8.22. The van der Waals surface area contributed by atoms with E-state index in [9.17, 15) is 4.79 Å². The topological polar surface area (TPSA) is 78.3 Å². The molecule has 0 unspecified atom stereocenters. The lowest BCUT2D eigenvalue weighted by molar-refractivity contribution is -0.114. The van der Waals surface area contributed by atoms with E-state index in [-0.39, 0.29) is 5.91 Å². The fraction of sp³-hybridized carbons (Fsp3) is 0.211. The molecule has 1 aromatic carbocycles. The van der Waals surface area contributed by atoms with Gasteiger partial charge in [0.25, 0.3) is 0 Å². The van der Waals surface area contributed by atoms with Gasteiger partial charge in [-0.3, -0.25) is 14.5 Å². The highest BCUT2D eigenvalue weighted by molar-refractivity contribution is 5.88. The van der Waals surface area contributed by atoms with Gasteiger partial charge in [0.05, 0.1) is 31.2 Å². The highest BCUT2D eigenvalue weighted by Crippen LogP contribution is 2.32. The summed E-state index contributed by atoms with van der Waals surface area (Å²) in [7, 11) is 1.62. The van der Waals surface area contributed by atoms with Crippen LogP contribution in [0.2, 0.25) is 0 Å². The molecule has 7 heteroatoms. The Hall–Kier alpha value is -3.35. The molecule has 7 nitrogen and oxygen atoms in total. The summed E-state index contributed by atoms with van der Waals surface area (Å²) < 4.78 is 13.3. The number of nitrogens with one attached hydrogen (secondary N) is 1. The van der Waals surface area contributed by atoms with Gasteiger partial charge in [0, 0.05) is 36.0 Å². The Morgan fingerprint density at radius 3 is 3.00 bits per heavy atom. The number of rotatable bonds is 3. The third-order valence-corrected chi connectivity index (χ3v) is 4.23. The van der Waals surface area contributed by atoms with E-state index in [2.05, 4.69) is 10.3 Å². The first-order valence-corrected chi connectivity index (χ1v) is 8.22. The van der Waals surface area contributed by atoms with Crippen molar-refractivity contribution < 1.29 is 14.3 Å². The van der Waals surface area contributed by atoms with E-state index in [0.29, 0.717) is 18.9 Å². The van der Waals surface area contributed by atoms with Crippen molar-refractivity contribution in [1.82, 2.24) is 14.8 Å². The average Bonchev–Trinajstić information content (AvgIpc) is 2.96. The van der Waals surface area contributed by atoms with E-state index in [1.54, 1.807) is 19.5 Å². The normalized spacial score (nSPS) is 12.4. The molecule has 0 radical (unpaired) electrons. The number of fused-ring (bicyclic) bond motifs is 2. The quantitative estimate of drug-likeness (QED) is 0.786. The summed E-state index contributed by atoms with van der Waals surface area (Å²) in [5.74, 6) is 1.33. The molecule has 0 bridgehead atoms. The first-order chi connectivity index (χ1) is 12.6. The van der Waals surface area contributed by atoms with Crippen molar-refractivity contribution in [1.29, 1.82) is 0 Å². The summed E-state index contributed by atoms with van der Waals surface area (Å²) in [4.78, 5) is 15.3. The summed E-state index contributed by atoms with van der Waals surface area (Å²) in [6, 6.07) is 9.54. The fourth-order valence-corrected chi connectivity index (χ4v) is 3.01. The van der Waals surface area contributed by atoms with Gasteiger partial charge in [-0.05, 0) is 18.2 Å². The van der Waals surface area contributed by atoms with Gasteiger partial charge in [0.1, 0.15) is 18.1 Å². The summed E-state index contributed by atoms with van der Waals surface area (Å²) >= 11 is 0. The molecule has 26 heavy (non-hydrogen) atoms. The number of anilines is 1. The van der Waals surface area contributed by atoms with Crippen LogP contribution in [0.1, 0.15) is 18.2 Å². The molecule has 132 valence electrons. The van der Waals surface area contributed by atoms with E-state index < -0.39 is 0 Å². The Morgan fingerprint density at radius 1 is 1.31 bits per heavy atom. The number of carbonyl (C=O) groups excluding carboxylic acids is 1. The fourth-order valence-electron chi connectivity index (χ4n) is 3.01. The van der Waals surface area contributed by atoms with Crippen LogP contribution in [-0.2, 0) is 17.9 Å². The molecule has 1 N–H and O–H groups in total. The molecule has 0 saturated heterocycles. The van der Waals surface area contributed by atoms with Crippen LogP contribution < -0.4 is 14.8 Å². The molecule has 3 heterocycles. The summed E-state index contributed by atoms with van der Waals surface area (Å²) in [5.41, 5.74) is 4.41. The van der Waals surface area contributed by atoms with Gasteiger partial charge >= 0.3 is 0 Å². The molecule has 0 atom stereocenters. The van der Waals surface area contributed by atoms with Crippen LogP contribution in [0.3, 0.4) is 0 Å². The zero-order chi connectivity index (χ0) is 18.1. The van der Waals surface area contributed by atoms with Crippen LogP contribution in [0.4, 0.5) is 5.69 Å². The molecule has 1 amide bonds. The monoisotopic (exact) mass is 350 g/mol. The predicted molar refractivity (Wildman–Crippen MR) is 96.2 cm³/mol. The molecular weight excluding hydrogens is 332 g/mol. The van der Waals surface area contributed by atoms with Crippen molar-refractivity contribution in [2.75, 3.05) is 12.4 Å². The maximum atomic E-state index is 11.2. The average molecular weight is 350 g/mol. The number of nitrogens with zero attached hydrogens (tertiary/aromatic N) is 3. The van der Waals surface area contributed by atoms with Crippen molar-refractivity contribution in [2.45, 2.75) is 20.1 Å². The van der Waals surface area contributed by atoms with Gasteiger partial charge in [-0.1, -0.05) is 6.07 Å². The largest absolute Gasteiger partial charge is 0.494 e. The van der Waals surface area contributed by atoms with Gasteiger partial charge in [0.15, 0.2) is 0 Å². The Kier molecular flexibility index (Phi) is 4.04. The van der Waals surface area contributed by atoms with Crippen molar-refractivity contribution in [3.63, 3.8) is 0 Å². The second-order valence-electron chi connectivity index (χ2n) is 6.05. The number of ether oxygens (including phenoxy) is 2. The first kappa shape index (κ1) is 16.1. The van der Waals surface area contributed by atoms with Crippen LogP contribution in [0.15, 0.2) is 42.7 Å². The van der Waals surface area contributed by atoms with Crippen molar-refractivity contribution in [3.05, 3.63) is 54.0 Å². The Labute approximate surface area is 150 Å². The van der Waals surface area contributed by atoms with Crippen molar-refractivity contribution in [2.24, 2.45) is 0 Å². The van der Waals surface area contributed by atoms with E-state index >= 15 is 0 Å². The number of carbonyl (C=O) groups is 1. The third-order valence-electron chi connectivity index (χ3n) is 4.23. The zero-order valence-electron chi connectivity index (χ0n) is 14.5. The number of pyridine rings is 1. The molecular formula is C19H18N4O3. The summed E-state index contributed by atoms with van der Waals surface area (Å²) in [5, 5.41) is 7.49. The van der Waals surface area contributed by atoms with E-state index in [1.807, 2.05) is 35.0 Å². The maximum Gasteiger partial charge on any atom is 0.221 e. The Balaban J connectivity index is 1.66. The smallest absolute Gasteiger partial charge is 0.221 e. The standard InChI is InChI=1S/C19H18N4O3/c1-12(24)21-14-4-3-13-10-23-15(11-26-18(13)7-14)8-17(22-23)16-5-6-20-9-19(16)25-2/h3-9H,10-11H2,1-2H3,(H,21,24). The van der Waals surface area contributed by atoms with Gasteiger partial charge in [0.2, 0.25) is 5.91 Å². The minimum absolute atomic E-state index is 0.109. The molecule has 0 saturated carbocycles. The minimum atomic E-state index is -0.109.